The molecule has 26 heavy (non-hydrogen) atoms. The van der Waals surface area contributed by atoms with Crippen LogP contribution < -0.4 is 15.2 Å². The molecular weight excluding hydrogens is 352 g/mol. The molecule has 1 saturated carbocycles. The van der Waals surface area contributed by atoms with Gasteiger partial charge in [0.25, 0.3) is 5.91 Å². The van der Waals surface area contributed by atoms with E-state index in [1.807, 2.05) is 17.0 Å². The minimum atomic E-state index is 0. The predicted molar refractivity (Wildman–Crippen MR) is 105 cm³/mol. The zero-order chi connectivity index (χ0) is 17.8. The summed E-state index contributed by atoms with van der Waals surface area (Å²) >= 11 is 0. The van der Waals surface area contributed by atoms with Crippen molar-refractivity contribution in [2.45, 2.75) is 57.6 Å². The van der Waals surface area contributed by atoms with Crippen molar-refractivity contribution in [3.05, 3.63) is 23.8 Å². The summed E-state index contributed by atoms with van der Waals surface area (Å²) in [6, 6.07) is 5.64. The molecule has 0 bridgehead atoms. The third-order valence-electron chi connectivity index (χ3n) is 5.52. The van der Waals surface area contributed by atoms with Crippen LogP contribution in [-0.4, -0.2) is 43.2 Å². The van der Waals surface area contributed by atoms with E-state index in [1.54, 1.807) is 13.2 Å². The Kier molecular flexibility index (Phi) is 7.59. The Balaban J connectivity index is 0.00000243. The van der Waals surface area contributed by atoms with E-state index in [-0.39, 0.29) is 30.5 Å². The van der Waals surface area contributed by atoms with Crippen molar-refractivity contribution in [3.8, 4) is 11.5 Å². The van der Waals surface area contributed by atoms with Crippen LogP contribution in [0.2, 0.25) is 0 Å². The maximum absolute atomic E-state index is 13.0. The van der Waals surface area contributed by atoms with Crippen LogP contribution in [0.3, 0.4) is 0 Å². The fraction of sp³-hybridized carbons (Fsp3) is 0.650. The fourth-order valence-electron chi connectivity index (χ4n) is 3.99. The average Bonchev–Trinajstić information content (AvgIpc) is 3.14. The second-order valence-corrected chi connectivity index (χ2v) is 7.41. The van der Waals surface area contributed by atoms with Crippen molar-refractivity contribution in [2.24, 2.45) is 11.7 Å². The molecule has 1 amide bonds. The predicted octanol–water partition coefficient (Wildman–Crippen LogP) is 3.64. The smallest absolute Gasteiger partial charge is 0.254 e. The number of ether oxygens (including phenoxy) is 2. The molecule has 0 aromatic heterocycles. The first-order valence-electron chi connectivity index (χ1n) is 9.48. The SMILES string of the molecule is COc1cc(C(=O)N2CCC(C)CC2CN)ccc1OC1CCCC1.Cl. The molecule has 1 heterocycles. The number of piperidine rings is 1. The summed E-state index contributed by atoms with van der Waals surface area (Å²) in [4.78, 5) is 14.9. The third kappa shape index (κ3) is 4.63. The molecule has 2 N–H and O–H groups in total. The summed E-state index contributed by atoms with van der Waals surface area (Å²) in [5, 5.41) is 0. The molecular formula is C20H31ClN2O3. The van der Waals surface area contributed by atoms with Gasteiger partial charge in [-0.25, -0.2) is 0 Å². The number of nitrogens with two attached hydrogens (primary N) is 1. The average molecular weight is 383 g/mol. The van der Waals surface area contributed by atoms with E-state index in [1.165, 1.54) is 12.8 Å². The first kappa shape index (κ1) is 20.8. The van der Waals surface area contributed by atoms with Crippen LogP contribution in [0.25, 0.3) is 0 Å². The van der Waals surface area contributed by atoms with Crippen LogP contribution >= 0.6 is 12.4 Å². The zero-order valence-corrected chi connectivity index (χ0v) is 16.6. The number of rotatable bonds is 5. The lowest BCUT2D eigenvalue weighted by molar-refractivity contribution is 0.0573. The number of methoxy groups -OCH3 is 1. The quantitative estimate of drug-likeness (QED) is 0.844. The topological polar surface area (TPSA) is 64.8 Å². The summed E-state index contributed by atoms with van der Waals surface area (Å²) in [6.07, 6.45) is 6.89. The molecule has 1 aromatic rings. The molecule has 2 aliphatic rings. The number of hydrogen-bond donors (Lipinski definition) is 1. The van der Waals surface area contributed by atoms with Gasteiger partial charge in [-0.3, -0.25) is 4.79 Å². The first-order chi connectivity index (χ1) is 12.1. The molecule has 2 fully saturated rings. The van der Waals surface area contributed by atoms with Gasteiger partial charge in [-0.05, 0) is 62.6 Å². The Morgan fingerprint density at radius 1 is 1.23 bits per heavy atom. The van der Waals surface area contributed by atoms with Gasteiger partial charge >= 0.3 is 0 Å². The number of benzene rings is 1. The highest BCUT2D eigenvalue weighted by atomic mass is 35.5. The number of nitrogens with zero attached hydrogens (tertiary/aromatic N) is 1. The number of carbonyl (C=O) groups excluding carboxylic acids is 1. The third-order valence-corrected chi connectivity index (χ3v) is 5.52. The van der Waals surface area contributed by atoms with Crippen LogP contribution in [0.1, 0.15) is 55.8 Å². The minimum absolute atomic E-state index is 0. The van der Waals surface area contributed by atoms with Gasteiger partial charge < -0.3 is 20.1 Å². The molecule has 1 aliphatic heterocycles. The van der Waals surface area contributed by atoms with Crippen LogP contribution in [0, 0.1) is 5.92 Å². The Bertz CT molecular complexity index is 605. The second-order valence-electron chi connectivity index (χ2n) is 7.41. The van der Waals surface area contributed by atoms with Crippen molar-refractivity contribution in [1.82, 2.24) is 4.90 Å². The van der Waals surface area contributed by atoms with Crippen LogP contribution in [0.5, 0.6) is 11.5 Å². The minimum Gasteiger partial charge on any atom is -0.493 e. The Labute approximate surface area is 162 Å². The monoisotopic (exact) mass is 382 g/mol. The van der Waals surface area contributed by atoms with E-state index in [0.29, 0.717) is 23.8 Å². The maximum Gasteiger partial charge on any atom is 0.254 e. The standard InChI is InChI=1S/C20H30N2O3.ClH/c1-14-9-10-22(16(11-14)13-21)20(23)15-7-8-18(19(12-15)24-2)25-17-5-3-4-6-17;/h7-8,12,14,16-17H,3-6,9-11,13,21H2,1-2H3;1H. The fourth-order valence-corrected chi connectivity index (χ4v) is 3.99. The number of likely N-dealkylation sites (tertiary alicyclic amines) is 1. The van der Waals surface area contributed by atoms with Crippen molar-refractivity contribution in [2.75, 3.05) is 20.2 Å². The first-order valence-corrected chi connectivity index (χ1v) is 9.48. The van der Waals surface area contributed by atoms with Crippen LogP contribution in [0.4, 0.5) is 0 Å². The van der Waals surface area contributed by atoms with Crippen LogP contribution in [0.15, 0.2) is 18.2 Å². The number of carbonyl (C=O) groups is 1. The molecule has 2 unspecified atom stereocenters. The van der Waals surface area contributed by atoms with Gasteiger partial charge in [0.1, 0.15) is 0 Å². The number of amides is 1. The summed E-state index contributed by atoms with van der Waals surface area (Å²) < 4.78 is 11.5. The maximum atomic E-state index is 13.0. The molecule has 1 aliphatic carbocycles. The van der Waals surface area contributed by atoms with E-state index in [2.05, 4.69) is 6.92 Å². The lowest BCUT2D eigenvalue weighted by atomic mass is 9.92. The lowest BCUT2D eigenvalue weighted by Gasteiger charge is -2.38. The van der Waals surface area contributed by atoms with Gasteiger partial charge in [-0.1, -0.05) is 6.92 Å². The molecule has 5 nitrogen and oxygen atoms in total. The van der Waals surface area contributed by atoms with E-state index < -0.39 is 0 Å². The molecule has 3 rings (SSSR count). The highest BCUT2D eigenvalue weighted by molar-refractivity contribution is 5.95. The van der Waals surface area contributed by atoms with E-state index in [0.717, 1.165) is 38.0 Å². The molecule has 0 spiro atoms. The Hall–Kier alpha value is -1.46. The van der Waals surface area contributed by atoms with Gasteiger partial charge in [0.2, 0.25) is 0 Å². The van der Waals surface area contributed by atoms with Crippen molar-refractivity contribution < 1.29 is 14.3 Å². The number of halogens is 1. The summed E-state index contributed by atoms with van der Waals surface area (Å²) in [5.41, 5.74) is 6.55. The van der Waals surface area contributed by atoms with E-state index in [4.69, 9.17) is 15.2 Å². The summed E-state index contributed by atoms with van der Waals surface area (Å²) in [6.45, 7) is 3.50. The van der Waals surface area contributed by atoms with Crippen molar-refractivity contribution in [3.63, 3.8) is 0 Å². The van der Waals surface area contributed by atoms with Crippen molar-refractivity contribution in [1.29, 1.82) is 0 Å². The lowest BCUT2D eigenvalue weighted by Crippen LogP contribution is -2.49. The molecule has 1 aromatic carbocycles. The van der Waals surface area contributed by atoms with Gasteiger partial charge in [0.05, 0.1) is 13.2 Å². The molecule has 1 saturated heterocycles. The Morgan fingerprint density at radius 3 is 2.62 bits per heavy atom. The molecule has 6 heteroatoms. The van der Waals surface area contributed by atoms with Gasteiger partial charge in [-0.2, -0.15) is 0 Å². The van der Waals surface area contributed by atoms with Crippen LogP contribution in [-0.2, 0) is 0 Å². The highest BCUT2D eigenvalue weighted by Gasteiger charge is 2.30. The van der Waals surface area contributed by atoms with Gasteiger partial charge in [-0.15, -0.1) is 12.4 Å². The second kappa shape index (κ2) is 9.47. The van der Waals surface area contributed by atoms with Crippen molar-refractivity contribution >= 4 is 18.3 Å². The summed E-state index contributed by atoms with van der Waals surface area (Å²) in [7, 11) is 1.62. The number of hydrogen-bond acceptors (Lipinski definition) is 4. The Morgan fingerprint density at radius 2 is 1.96 bits per heavy atom. The highest BCUT2D eigenvalue weighted by Crippen LogP contribution is 2.33. The van der Waals surface area contributed by atoms with E-state index in [9.17, 15) is 4.79 Å². The molecule has 2 atom stereocenters. The molecule has 0 radical (unpaired) electrons. The summed E-state index contributed by atoms with van der Waals surface area (Å²) in [5.74, 6) is 2.02. The van der Waals surface area contributed by atoms with Gasteiger partial charge in [0, 0.05) is 24.7 Å². The molecule has 146 valence electrons. The largest absolute Gasteiger partial charge is 0.493 e. The van der Waals surface area contributed by atoms with E-state index >= 15 is 0 Å². The normalized spacial score (nSPS) is 23.4. The zero-order valence-electron chi connectivity index (χ0n) is 15.8. The van der Waals surface area contributed by atoms with Gasteiger partial charge in [0.15, 0.2) is 11.5 Å².